The summed E-state index contributed by atoms with van der Waals surface area (Å²) < 4.78 is 0.808. The standard InChI is InChI=1S/C13H10BrN3O2/c14-10-4-5-12(18)9(7-10)8-16-17-13(19)11-3-1-2-6-15-11/h1-8,18H,(H,17,19)/b16-8-. The van der Waals surface area contributed by atoms with Crippen LogP contribution in [0.2, 0.25) is 0 Å². The Morgan fingerprint density at radius 1 is 1.37 bits per heavy atom. The predicted molar refractivity (Wildman–Crippen MR) is 75.1 cm³/mol. The van der Waals surface area contributed by atoms with Crippen molar-refractivity contribution >= 4 is 28.1 Å². The van der Waals surface area contributed by atoms with Crippen LogP contribution in [0.3, 0.4) is 0 Å². The molecule has 1 amide bonds. The maximum Gasteiger partial charge on any atom is 0.289 e. The predicted octanol–water partition coefficient (Wildman–Crippen LogP) is 2.31. The lowest BCUT2D eigenvalue weighted by atomic mass is 10.2. The molecule has 2 aromatic rings. The first-order chi connectivity index (χ1) is 9.16. The number of nitrogens with zero attached hydrogens (tertiary/aromatic N) is 2. The van der Waals surface area contributed by atoms with E-state index in [-0.39, 0.29) is 11.4 Å². The number of aromatic hydroxyl groups is 1. The zero-order valence-corrected chi connectivity index (χ0v) is 11.3. The third-order valence-corrected chi connectivity index (χ3v) is 2.75. The third-order valence-electron chi connectivity index (χ3n) is 2.26. The molecule has 1 heterocycles. The van der Waals surface area contributed by atoms with Crippen molar-refractivity contribution in [3.63, 3.8) is 0 Å². The van der Waals surface area contributed by atoms with Gasteiger partial charge in [-0.3, -0.25) is 9.78 Å². The van der Waals surface area contributed by atoms with Gasteiger partial charge in [0.25, 0.3) is 5.91 Å². The van der Waals surface area contributed by atoms with Crippen LogP contribution in [0.25, 0.3) is 0 Å². The highest BCUT2D eigenvalue weighted by atomic mass is 79.9. The van der Waals surface area contributed by atoms with Gasteiger partial charge in [-0.15, -0.1) is 0 Å². The van der Waals surface area contributed by atoms with E-state index in [0.717, 1.165) is 4.47 Å². The lowest BCUT2D eigenvalue weighted by Gasteiger charge is -2.00. The number of nitrogens with one attached hydrogen (secondary N) is 1. The second kappa shape index (κ2) is 6.10. The molecule has 6 heteroatoms. The number of phenolic OH excluding ortho intramolecular Hbond substituents is 1. The molecule has 0 unspecified atom stereocenters. The number of amides is 1. The lowest BCUT2D eigenvalue weighted by molar-refractivity contribution is 0.0950. The molecular weight excluding hydrogens is 310 g/mol. The van der Waals surface area contributed by atoms with Gasteiger partial charge in [-0.05, 0) is 30.3 Å². The Kier molecular flexibility index (Phi) is 4.25. The molecule has 0 bridgehead atoms. The molecule has 5 nitrogen and oxygen atoms in total. The molecule has 0 aliphatic rings. The minimum atomic E-state index is -0.411. The van der Waals surface area contributed by atoms with E-state index in [1.807, 2.05) is 0 Å². The van der Waals surface area contributed by atoms with Gasteiger partial charge < -0.3 is 5.11 Å². The summed E-state index contributed by atoms with van der Waals surface area (Å²) in [6.07, 6.45) is 2.89. The fourth-order valence-electron chi connectivity index (χ4n) is 1.34. The third kappa shape index (κ3) is 3.62. The molecule has 0 saturated carbocycles. The number of benzene rings is 1. The number of halogens is 1. The molecular formula is C13H10BrN3O2. The van der Waals surface area contributed by atoms with Crippen molar-refractivity contribution in [1.29, 1.82) is 0 Å². The molecule has 0 radical (unpaired) electrons. The second-order valence-corrected chi connectivity index (χ2v) is 4.53. The average Bonchev–Trinajstić information content (AvgIpc) is 2.43. The van der Waals surface area contributed by atoms with E-state index in [1.165, 1.54) is 18.5 Å². The zero-order valence-electron chi connectivity index (χ0n) is 9.75. The zero-order chi connectivity index (χ0) is 13.7. The van der Waals surface area contributed by atoms with Crippen molar-refractivity contribution in [1.82, 2.24) is 10.4 Å². The van der Waals surface area contributed by atoms with Gasteiger partial charge in [-0.1, -0.05) is 22.0 Å². The van der Waals surface area contributed by atoms with Crippen LogP contribution >= 0.6 is 15.9 Å². The van der Waals surface area contributed by atoms with Crippen LogP contribution in [0, 0.1) is 0 Å². The van der Waals surface area contributed by atoms with Crippen molar-refractivity contribution in [3.8, 4) is 5.75 Å². The quantitative estimate of drug-likeness (QED) is 0.673. The summed E-state index contributed by atoms with van der Waals surface area (Å²) in [5.41, 5.74) is 3.11. The molecule has 2 N–H and O–H groups in total. The van der Waals surface area contributed by atoms with Crippen LogP contribution < -0.4 is 5.43 Å². The van der Waals surface area contributed by atoms with Crippen molar-refractivity contribution in [3.05, 3.63) is 58.3 Å². The van der Waals surface area contributed by atoms with Gasteiger partial charge in [-0.25, -0.2) is 5.43 Å². The van der Waals surface area contributed by atoms with Crippen LogP contribution in [0.4, 0.5) is 0 Å². The fraction of sp³-hybridized carbons (Fsp3) is 0. The number of rotatable bonds is 3. The molecule has 1 aromatic carbocycles. The number of carbonyl (C=O) groups is 1. The summed E-state index contributed by atoms with van der Waals surface area (Å²) in [6.45, 7) is 0. The Morgan fingerprint density at radius 2 is 2.21 bits per heavy atom. The van der Waals surface area contributed by atoms with Crippen molar-refractivity contribution in [2.75, 3.05) is 0 Å². The summed E-state index contributed by atoms with van der Waals surface area (Å²) in [4.78, 5) is 15.5. The lowest BCUT2D eigenvalue weighted by Crippen LogP contribution is -2.18. The van der Waals surface area contributed by atoms with Crippen LogP contribution in [-0.2, 0) is 0 Å². The van der Waals surface area contributed by atoms with E-state index < -0.39 is 5.91 Å². The highest BCUT2D eigenvalue weighted by Crippen LogP contribution is 2.19. The van der Waals surface area contributed by atoms with Gasteiger partial charge >= 0.3 is 0 Å². The summed E-state index contributed by atoms with van der Waals surface area (Å²) in [5, 5.41) is 13.4. The molecule has 96 valence electrons. The second-order valence-electron chi connectivity index (χ2n) is 3.62. The van der Waals surface area contributed by atoms with Gasteiger partial charge in [0.1, 0.15) is 11.4 Å². The van der Waals surface area contributed by atoms with E-state index in [4.69, 9.17) is 0 Å². The van der Waals surface area contributed by atoms with Crippen LogP contribution in [0.5, 0.6) is 5.75 Å². The SMILES string of the molecule is O=C(N/N=C\c1cc(Br)ccc1O)c1ccccn1. The Labute approximate surface area is 118 Å². The van der Waals surface area contributed by atoms with E-state index in [2.05, 4.69) is 31.4 Å². The Hall–Kier alpha value is -2.21. The molecule has 0 atom stereocenters. The van der Waals surface area contributed by atoms with Gasteiger partial charge in [0.15, 0.2) is 0 Å². The Morgan fingerprint density at radius 3 is 2.95 bits per heavy atom. The summed E-state index contributed by atoms with van der Waals surface area (Å²) in [6, 6.07) is 9.95. The molecule has 0 fully saturated rings. The van der Waals surface area contributed by atoms with E-state index in [0.29, 0.717) is 5.56 Å². The summed E-state index contributed by atoms with van der Waals surface area (Å²) in [7, 11) is 0. The first-order valence-corrected chi connectivity index (χ1v) is 6.19. The van der Waals surface area contributed by atoms with Gasteiger partial charge in [0.05, 0.1) is 6.21 Å². The molecule has 0 saturated heterocycles. The molecule has 0 aliphatic heterocycles. The number of aromatic nitrogens is 1. The molecule has 0 spiro atoms. The van der Waals surface area contributed by atoms with Gasteiger partial charge in [-0.2, -0.15) is 5.10 Å². The van der Waals surface area contributed by atoms with Gasteiger partial charge in [0, 0.05) is 16.2 Å². The number of phenols is 1. The highest BCUT2D eigenvalue weighted by molar-refractivity contribution is 9.10. The minimum absolute atomic E-state index is 0.0824. The van der Waals surface area contributed by atoms with E-state index in [9.17, 15) is 9.90 Å². The molecule has 19 heavy (non-hydrogen) atoms. The summed E-state index contributed by atoms with van der Waals surface area (Å²) in [5.74, 6) is -0.328. The normalized spacial score (nSPS) is 10.6. The van der Waals surface area contributed by atoms with Crippen LogP contribution in [-0.4, -0.2) is 22.2 Å². The highest BCUT2D eigenvalue weighted by Gasteiger charge is 2.04. The Balaban J connectivity index is 2.04. The van der Waals surface area contributed by atoms with E-state index in [1.54, 1.807) is 30.3 Å². The number of hydrogen-bond acceptors (Lipinski definition) is 4. The largest absolute Gasteiger partial charge is 0.507 e. The maximum atomic E-state index is 11.6. The minimum Gasteiger partial charge on any atom is -0.507 e. The van der Waals surface area contributed by atoms with Crippen molar-refractivity contribution in [2.24, 2.45) is 5.10 Å². The molecule has 2 rings (SSSR count). The van der Waals surface area contributed by atoms with Crippen LogP contribution in [0.1, 0.15) is 16.1 Å². The Bertz CT molecular complexity index is 615. The fourth-order valence-corrected chi connectivity index (χ4v) is 1.72. The first-order valence-electron chi connectivity index (χ1n) is 5.40. The average molecular weight is 320 g/mol. The number of carbonyl (C=O) groups excluding carboxylic acids is 1. The monoisotopic (exact) mass is 319 g/mol. The van der Waals surface area contributed by atoms with Crippen molar-refractivity contribution in [2.45, 2.75) is 0 Å². The molecule has 0 aliphatic carbocycles. The smallest absolute Gasteiger partial charge is 0.289 e. The first kappa shape index (κ1) is 13.2. The number of hydrazone groups is 1. The maximum absolute atomic E-state index is 11.6. The topological polar surface area (TPSA) is 74.6 Å². The van der Waals surface area contributed by atoms with Crippen molar-refractivity contribution < 1.29 is 9.90 Å². The number of hydrogen-bond donors (Lipinski definition) is 2. The number of pyridine rings is 1. The molecule has 1 aromatic heterocycles. The van der Waals surface area contributed by atoms with E-state index >= 15 is 0 Å². The summed E-state index contributed by atoms with van der Waals surface area (Å²) >= 11 is 3.28. The van der Waals surface area contributed by atoms with Crippen LogP contribution in [0.15, 0.2) is 52.2 Å². The van der Waals surface area contributed by atoms with Gasteiger partial charge in [0.2, 0.25) is 0 Å².